The Kier molecular flexibility index (Phi) is 5.19. The van der Waals surface area contributed by atoms with Crippen LogP contribution in [0.3, 0.4) is 0 Å². The topological polar surface area (TPSA) is 49.7 Å². The van der Waals surface area contributed by atoms with E-state index in [-0.39, 0.29) is 6.61 Å². The van der Waals surface area contributed by atoms with Gasteiger partial charge in [0.1, 0.15) is 6.61 Å². The van der Waals surface area contributed by atoms with Crippen LogP contribution in [-0.4, -0.2) is 17.2 Å². The Bertz CT molecular complexity index is 597. The highest BCUT2D eigenvalue weighted by Crippen LogP contribution is 2.36. The predicted octanol–water partition coefficient (Wildman–Crippen LogP) is 2.91. The van der Waals surface area contributed by atoms with Crippen molar-refractivity contribution in [2.75, 3.05) is 0 Å². The quantitative estimate of drug-likeness (QED) is 0.847. The van der Waals surface area contributed by atoms with Crippen molar-refractivity contribution < 1.29 is 14.8 Å². The Morgan fingerprint density at radius 3 is 2.20 bits per heavy atom. The van der Waals surface area contributed by atoms with Gasteiger partial charge >= 0.3 is 7.12 Å². The van der Waals surface area contributed by atoms with Gasteiger partial charge in [-0.15, -0.1) is 0 Å². The van der Waals surface area contributed by atoms with Crippen molar-refractivity contribution in [3.05, 3.63) is 57.0 Å². The highest BCUT2D eigenvalue weighted by Gasteiger charge is 2.16. The fourth-order valence-corrected chi connectivity index (χ4v) is 2.66. The third kappa shape index (κ3) is 3.60. The van der Waals surface area contributed by atoms with E-state index in [9.17, 15) is 10.0 Å². The lowest BCUT2D eigenvalue weighted by atomic mass is 9.77. The fraction of sp³-hybridized carbons (Fsp3) is 0.0769. The monoisotopic (exact) mass is 330 g/mol. The van der Waals surface area contributed by atoms with Crippen molar-refractivity contribution in [3.8, 4) is 5.75 Å². The molecule has 0 saturated heterocycles. The molecule has 0 radical (unpaired) electrons. The molecule has 2 rings (SSSR count). The Balaban J connectivity index is 2.22. The van der Waals surface area contributed by atoms with E-state index in [4.69, 9.17) is 39.5 Å². The summed E-state index contributed by atoms with van der Waals surface area (Å²) in [5.41, 5.74) is 0.998. The van der Waals surface area contributed by atoms with Crippen LogP contribution >= 0.6 is 34.8 Å². The molecule has 0 saturated carbocycles. The first kappa shape index (κ1) is 15.5. The Morgan fingerprint density at radius 1 is 1.00 bits per heavy atom. The van der Waals surface area contributed by atoms with Crippen molar-refractivity contribution in [1.29, 1.82) is 0 Å². The first-order valence-electron chi connectivity index (χ1n) is 5.70. The summed E-state index contributed by atoms with van der Waals surface area (Å²) in [6.45, 7) is 0.106. The van der Waals surface area contributed by atoms with Crippen LogP contribution < -0.4 is 10.2 Å². The molecule has 0 aliphatic heterocycles. The van der Waals surface area contributed by atoms with Gasteiger partial charge in [-0.1, -0.05) is 59.1 Å². The molecule has 2 N–H and O–H groups in total. The number of hydrogen-bond acceptors (Lipinski definition) is 3. The molecule has 0 spiro atoms. The third-order valence-electron chi connectivity index (χ3n) is 2.67. The minimum absolute atomic E-state index is 0.106. The van der Waals surface area contributed by atoms with Crippen LogP contribution in [-0.2, 0) is 6.61 Å². The first-order valence-corrected chi connectivity index (χ1v) is 6.83. The fourth-order valence-electron chi connectivity index (χ4n) is 1.73. The maximum atomic E-state index is 9.28. The summed E-state index contributed by atoms with van der Waals surface area (Å²) in [5, 5.41) is 19.6. The molecule has 0 aromatic heterocycles. The van der Waals surface area contributed by atoms with Crippen LogP contribution in [0.25, 0.3) is 0 Å². The maximum Gasteiger partial charge on any atom is 0.488 e. The van der Waals surface area contributed by atoms with E-state index in [1.165, 1.54) is 12.1 Å². The molecule has 0 bridgehead atoms. The summed E-state index contributed by atoms with van der Waals surface area (Å²) in [5.74, 6) is 0.306. The summed E-state index contributed by atoms with van der Waals surface area (Å²) in [6.07, 6.45) is 0. The number of halogens is 3. The third-order valence-corrected chi connectivity index (χ3v) is 3.45. The van der Waals surface area contributed by atoms with E-state index < -0.39 is 7.12 Å². The number of benzene rings is 2. The Hall–Kier alpha value is -0.905. The molecule has 0 aliphatic carbocycles. The van der Waals surface area contributed by atoms with Gasteiger partial charge in [0, 0.05) is 5.02 Å². The molecule has 2 aromatic carbocycles. The highest BCUT2D eigenvalue weighted by atomic mass is 35.5. The van der Waals surface area contributed by atoms with Gasteiger partial charge in [0.2, 0.25) is 0 Å². The first-order chi connectivity index (χ1) is 9.49. The van der Waals surface area contributed by atoms with Gasteiger partial charge in [-0.05, 0) is 23.2 Å². The second-order valence-electron chi connectivity index (χ2n) is 4.06. The minimum Gasteiger partial charge on any atom is -0.486 e. The zero-order chi connectivity index (χ0) is 14.7. The van der Waals surface area contributed by atoms with Crippen LogP contribution in [0.5, 0.6) is 5.75 Å². The second-order valence-corrected chi connectivity index (χ2v) is 5.31. The lowest BCUT2D eigenvalue weighted by Crippen LogP contribution is -2.33. The van der Waals surface area contributed by atoms with Crippen molar-refractivity contribution in [2.24, 2.45) is 0 Å². The zero-order valence-corrected chi connectivity index (χ0v) is 12.5. The van der Waals surface area contributed by atoms with Gasteiger partial charge in [-0.3, -0.25) is 0 Å². The van der Waals surface area contributed by atoms with Crippen LogP contribution in [0, 0.1) is 0 Å². The van der Waals surface area contributed by atoms with Crippen molar-refractivity contribution in [1.82, 2.24) is 0 Å². The summed E-state index contributed by atoms with van der Waals surface area (Å²) in [7, 11) is -1.56. The van der Waals surface area contributed by atoms with Gasteiger partial charge in [0.05, 0.1) is 10.0 Å². The molecule has 3 nitrogen and oxygen atoms in total. The molecule has 2 aromatic rings. The molecule has 104 valence electrons. The zero-order valence-electron chi connectivity index (χ0n) is 10.2. The molecule has 20 heavy (non-hydrogen) atoms. The van der Waals surface area contributed by atoms with Crippen molar-refractivity contribution in [3.63, 3.8) is 0 Å². The van der Waals surface area contributed by atoms with Crippen LogP contribution in [0.2, 0.25) is 15.1 Å². The summed E-state index contributed by atoms with van der Waals surface area (Å²) >= 11 is 17.8. The Morgan fingerprint density at radius 2 is 1.60 bits per heavy atom. The molecular formula is C13H10BCl3O3. The van der Waals surface area contributed by atoms with Gasteiger partial charge < -0.3 is 14.8 Å². The maximum absolute atomic E-state index is 9.28. The standard InChI is InChI=1S/C13H10BCl3O3/c15-9-5-11(16)13(12(17)6-9)20-7-8-3-1-2-4-10(8)14(18)19/h1-6,18-19H,7H2. The van der Waals surface area contributed by atoms with Gasteiger partial charge in [-0.2, -0.15) is 0 Å². The average molecular weight is 331 g/mol. The van der Waals surface area contributed by atoms with Crippen LogP contribution in [0.1, 0.15) is 5.56 Å². The molecule has 0 amide bonds. The van der Waals surface area contributed by atoms with E-state index in [2.05, 4.69) is 0 Å². The predicted molar refractivity (Wildman–Crippen MR) is 82.1 cm³/mol. The van der Waals surface area contributed by atoms with E-state index >= 15 is 0 Å². The average Bonchev–Trinajstić information content (AvgIpc) is 2.37. The van der Waals surface area contributed by atoms with E-state index in [1.807, 2.05) is 0 Å². The summed E-state index contributed by atoms with van der Waals surface area (Å²) in [4.78, 5) is 0. The lowest BCUT2D eigenvalue weighted by Gasteiger charge is -2.13. The van der Waals surface area contributed by atoms with Crippen LogP contribution in [0.4, 0.5) is 0 Å². The number of ether oxygens (including phenoxy) is 1. The molecular weight excluding hydrogens is 321 g/mol. The summed E-state index contributed by atoms with van der Waals surface area (Å²) in [6, 6.07) is 9.87. The smallest absolute Gasteiger partial charge is 0.486 e. The Labute approximate surface area is 131 Å². The van der Waals surface area contributed by atoms with Gasteiger partial charge in [0.15, 0.2) is 5.75 Å². The minimum atomic E-state index is -1.56. The van der Waals surface area contributed by atoms with Gasteiger partial charge in [-0.25, -0.2) is 0 Å². The van der Waals surface area contributed by atoms with Crippen LogP contribution in [0.15, 0.2) is 36.4 Å². The second kappa shape index (κ2) is 6.70. The SMILES string of the molecule is OB(O)c1ccccc1COc1c(Cl)cc(Cl)cc1Cl. The van der Waals surface area contributed by atoms with Crippen molar-refractivity contribution in [2.45, 2.75) is 6.61 Å². The number of hydrogen-bond donors (Lipinski definition) is 2. The molecule has 7 heteroatoms. The molecule has 0 atom stereocenters. The van der Waals surface area contributed by atoms with Gasteiger partial charge in [0.25, 0.3) is 0 Å². The molecule has 0 unspecified atom stereocenters. The largest absolute Gasteiger partial charge is 0.488 e. The van der Waals surface area contributed by atoms with Crippen molar-refractivity contribution >= 4 is 47.4 Å². The molecule has 0 fully saturated rings. The normalized spacial score (nSPS) is 10.4. The number of rotatable bonds is 4. The van der Waals surface area contributed by atoms with E-state index in [0.29, 0.717) is 31.8 Å². The molecule has 0 heterocycles. The molecule has 0 aliphatic rings. The van der Waals surface area contributed by atoms with E-state index in [1.54, 1.807) is 24.3 Å². The van der Waals surface area contributed by atoms with E-state index in [0.717, 1.165) is 0 Å². The lowest BCUT2D eigenvalue weighted by molar-refractivity contribution is 0.307. The summed E-state index contributed by atoms with van der Waals surface area (Å²) < 4.78 is 5.55. The highest BCUT2D eigenvalue weighted by molar-refractivity contribution is 6.59.